The van der Waals surface area contributed by atoms with E-state index < -0.39 is 0 Å². The minimum Gasteiger partial charge on any atom is -0.310 e. The zero-order valence-electron chi connectivity index (χ0n) is 11.8. The van der Waals surface area contributed by atoms with Crippen LogP contribution in [0.4, 0.5) is 0 Å². The van der Waals surface area contributed by atoms with Gasteiger partial charge in [0.05, 0.1) is 0 Å². The van der Waals surface area contributed by atoms with Crippen LogP contribution in [0.2, 0.25) is 5.02 Å². The van der Waals surface area contributed by atoms with Crippen LogP contribution in [0.1, 0.15) is 29.7 Å². The highest BCUT2D eigenvalue weighted by Crippen LogP contribution is 2.29. The molecule has 0 fully saturated rings. The number of hydrogen-bond donors (Lipinski definition) is 1. The van der Waals surface area contributed by atoms with Crippen molar-refractivity contribution in [3.8, 4) is 0 Å². The molecule has 3 heteroatoms. The molecule has 1 N–H and O–H groups in total. The van der Waals surface area contributed by atoms with Crippen molar-refractivity contribution in [2.45, 2.75) is 26.3 Å². The Labute approximate surface area is 134 Å². The first-order valence-electron chi connectivity index (χ1n) is 6.84. The minimum atomic E-state index is 0.259. The van der Waals surface area contributed by atoms with E-state index in [4.69, 9.17) is 11.6 Å². The van der Waals surface area contributed by atoms with Crippen molar-refractivity contribution in [1.29, 1.82) is 0 Å². The van der Waals surface area contributed by atoms with Crippen molar-refractivity contribution in [3.63, 3.8) is 0 Å². The quantitative estimate of drug-likeness (QED) is 0.769. The Balaban J connectivity index is 2.29. The van der Waals surface area contributed by atoms with Gasteiger partial charge in [0.2, 0.25) is 0 Å². The van der Waals surface area contributed by atoms with Gasteiger partial charge in [-0.2, -0.15) is 0 Å². The van der Waals surface area contributed by atoms with Crippen LogP contribution >= 0.6 is 27.5 Å². The predicted octanol–water partition coefficient (Wildman–Crippen LogP) is 5.30. The lowest BCUT2D eigenvalue weighted by molar-refractivity contribution is 0.548. The van der Waals surface area contributed by atoms with E-state index in [1.54, 1.807) is 0 Å². The van der Waals surface area contributed by atoms with Crippen LogP contribution in [-0.2, 0) is 6.42 Å². The van der Waals surface area contributed by atoms with E-state index in [1.165, 1.54) is 16.7 Å². The fourth-order valence-electron chi connectivity index (χ4n) is 2.39. The van der Waals surface area contributed by atoms with E-state index in [1.807, 2.05) is 18.2 Å². The van der Waals surface area contributed by atoms with Crippen LogP contribution in [0.25, 0.3) is 0 Å². The van der Waals surface area contributed by atoms with Gasteiger partial charge >= 0.3 is 0 Å². The standard InChI is InChI=1S/C17H19BrClN/c1-3-20-17(10-13-6-4-5-12(2)9-13)15-11-14(19)7-8-16(15)18/h4-9,11,17,20H,3,10H2,1-2H3. The van der Waals surface area contributed by atoms with Crippen LogP contribution < -0.4 is 5.32 Å². The van der Waals surface area contributed by atoms with E-state index in [0.29, 0.717) is 0 Å². The normalized spacial score (nSPS) is 12.4. The molecular weight excluding hydrogens is 334 g/mol. The predicted molar refractivity (Wildman–Crippen MR) is 90.5 cm³/mol. The summed E-state index contributed by atoms with van der Waals surface area (Å²) in [6.07, 6.45) is 0.953. The smallest absolute Gasteiger partial charge is 0.0410 e. The zero-order valence-corrected chi connectivity index (χ0v) is 14.1. The monoisotopic (exact) mass is 351 g/mol. The summed E-state index contributed by atoms with van der Waals surface area (Å²) < 4.78 is 1.10. The third kappa shape index (κ3) is 4.08. The first-order valence-corrected chi connectivity index (χ1v) is 8.01. The van der Waals surface area contributed by atoms with Crippen LogP contribution in [-0.4, -0.2) is 6.54 Å². The average Bonchev–Trinajstić information content (AvgIpc) is 2.41. The van der Waals surface area contributed by atoms with Crippen molar-refractivity contribution in [3.05, 3.63) is 68.7 Å². The Bertz CT molecular complexity index is 583. The number of aryl methyl sites for hydroxylation is 1. The fraction of sp³-hybridized carbons (Fsp3) is 0.294. The molecule has 106 valence electrons. The van der Waals surface area contributed by atoms with Crippen LogP contribution in [0, 0.1) is 6.92 Å². The third-order valence-corrected chi connectivity index (χ3v) is 4.26. The summed E-state index contributed by atoms with van der Waals surface area (Å²) in [6, 6.07) is 14.9. The van der Waals surface area contributed by atoms with Crippen LogP contribution in [0.15, 0.2) is 46.9 Å². The fourth-order valence-corrected chi connectivity index (χ4v) is 3.10. The van der Waals surface area contributed by atoms with E-state index in [2.05, 4.69) is 59.4 Å². The van der Waals surface area contributed by atoms with Gasteiger partial charge in [-0.15, -0.1) is 0 Å². The third-order valence-electron chi connectivity index (χ3n) is 3.31. The molecule has 0 aliphatic rings. The first kappa shape index (κ1) is 15.6. The van der Waals surface area contributed by atoms with E-state index in [-0.39, 0.29) is 6.04 Å². The molecule has 2 aromatic carbocycles. The van der Waals surface area contributed by atoms with E-state index in [0.717, 1.165) is 22.5 Å². The van der Waals surface area contributed by atoms with Gasteiger partial charge < -0.3 is 5.32 Å². The lowest BCUT2D eigenvalue weighted by Crippen LogP contribution is -2.23. The molecule has 2 aromatic rings. The lowest BCUT2D eigenvalue weighted by Gasteiger charge is -2.20. The Morgan fingerprint density at radius 3 is 2.70 bits per heavy atom. The molecule has 20 heavy (non-hydrogen) atoms. The molecule has 0 amide bonds. The molecule has 0 bridgehead atoms. The van der Waals surface area contributed by atoms with Gasteiger partial charge in [-0.05, 0) is 49.2 Å². The number of benzene rings is 2. The summed E-state index contributed by atoms with van der Waals surface area (Å²) in [5.74, 6) is 0. The molecule has 0 radical (unpaired) electrons. The topological polar surface area (TPSA) is 12.0 Å². The van der Waals surface area contributed by atoms with Gasteiger partial charge in [-0.1, -0.05) is 64.3 Å². The Morgan fingerprint density at radius 2 is 2.00 bits per heavy atom. The van der Waals surface area contributed by atoms with Crippen molar-refractivity contribution in [2.24, 2.45) is 0 Å². The highest BCUT2D eigenvalue weighted by atomic mass is 79.9. The molecule has 0 saturated carbocycles. The molecule has 0 aliphatic heterocycles. The molecule has 1 atom stereocenters. The van der Waals surface area contributed by atoms with Gasteiger partial charge in [-0.3, -0.25) is 0 Å². The zero-order chi connectivity index (χ0) is 14.5. The number of hydrogen-bond acceptors (Lipinski definition) is 1. The highest BCUT2D eigenvalue weighted by Gasteiger charge is 2.14. The van der Waals surface area contributed by atoms with Crippen LogP contribution in [0.5, 0.6) is 0 Å². The van der Waals surface area contributed by atoms with Crippen molar-refractivity contribution >= 4 is 27.5 Å². The van der Waals surface area contributed by atoms with Crippen molar-refractivity contribution < 1.29 is 0 Å². The molecule has 2 rings (SSSR count). The second-order valence-corrected chi connectivity index (χ2v) is 6.26. The number of likely N-dealkylation sites (N-methyl/N-ethyl adjacent to an activating group) is 1. The summed E-state index contributed by atoms with van der Waals surface area (Å²) in [4.78, 5) is 0. The average molecular weight is 353 g/mol. The maximum absolute atomic E-state index is 6.14. The van der Waals surface area contributed by atoms with Gasteiger partial charge in [0.15, 0.2) is 0 Å². The first-order chi connectivity index (χ1) is 9.60. The Morgan fingerprint density at radius 1 is 1.20 bits per heavy atom. The highest BCUT2D eigenvalue weighted by molar-refractivity contribution is 9.10. The largest absolute Gasteiger partial charge is 0.310 e. The summed E-state index contributed by atoms with van der Waals surface area (Å²) >= 11 is 9.77. The van der Waals surface area contributed by atoms with Gasteiger partial charge in [-0.25, -0.2) is 0 Å². The molecule has 0 aliphatic carbocycles. The van der Waals surface area contributed by atoms with E-state index in [9.17, 15) is 0 Å². The van der Waals surface area contributed by atoms with Gasteiger partial charge in [0.1, 0.15) is 0 Å². The molecule has 1 nitrogen and oxygen atoms in total. The number of rotatable bonds is 5. The maximum atomic E-state index is 6.14. The molecule has 0 heterocycles. The van der Waals surface area contributed by atoms with Crippen molar-refractivity contribution in [2.75, 3.05) is 6.54 Å². The van der Waals surface area contributed by atoms with Gasteiger partial charge in [0.25, 0.3) is 0 Å². The van der Waals surface area contributed by atoms with Gasteiger partial charge in [0, 0.05) is 15.5 Å². The van der Waals surface area contributed by atoms with Crippen LogP contribution in [0.3, 0.4) is 0 Å². The summed E-state index contributed by atoms with van der Waals surface area (Å²) in [6.45, 7) is 5.18. The molecule has 1 unspecified atom stereocenters. The minimum absolute atomic E-state index is 0.259. The molecular formula is C17H19BrClN. The second kappa shape index (κ2) is 7.26. The maximum Gasteiger partial charge on any atom is 0.0410 e. The Hall–Kier alpha value is -0.830. The molecule has 0 aromatic heterocycles. The second-order valence-electron chi connectivity index (χ2n) is 4.97. The lowest BCUT2D eigenvalue weighted by atomic mass is 9.98. The SMILES string of the molecule is CCNC(Cc1cccc(C)c1)c1cc(Cl)ccc1Br. The number of nitrogens with one attached hydrogen (secondary N) is 1. The summed E-state index contributed by atoms with van der Waals surface area (Å²) in [7, 11) is 0. The Kier molecular flexibility index (Phi) is 5.64. The van der Waals surface area contributed by atoms with E-state index >= 15 is 0 Å². The summed E-state index contributed by atoms with van der Waals surface area (Å²) in [5, 5.41) is 4.32. The van der Waals surface area contributed by atoms with Crippen molar-refractivity contribution in [1.82, 2.24) is 5.32 Å². The molecule has 0 spiro atoms. The number of halogens is 2. The summed E-state index contributed by atoms with van der Waals surface area (Å²) in [5.41, 5.74) is 3.84. The molecule has 0 saturated heterocycles.